The fourth-order valence-electron chi connectivity index (χ4n) is 8.31. The predicted octanol–water partition coefficient (Wildman–Crippen LogP) is 15.3. The normalized spacial score (nSPS) is 13.4. The standard InChI is InChI=1S/C48H78N2/c1-4-6-8-10-12-14-16-18-20-22-24-26-34-41-50-42-40-49-47(50)46(39-33-25-23-21-19-17-15-13-11-9-7-5-2)48(3,45-37-31-28-32-38-45)43-44-35-29-27-30-36-44/h27-32,35-38,40,42,46H,4-26,33-34,39,41,43H2,1-3H3. The molecule has 0 saturated heterocycles. The Morgan fingerprint density at radius 1 is 0.520 bits per heavy atom. The average Bonchev–Trinajstić information content (AvgIpc) is 3.60. The highest BCUT2D eigenvalue weighted by atomic mass is 15.1. The van der Waals surface area contributed by atoms with E-state index in [1.807, 2.05) is 0 Å². The van der Waals surface area contributed by atoms with Gasteiger partial charge in [-0.1, -0.05) is 236 Å². The lowest BCUT2D eigenvalue weighted by Crippen LogP contribution is -2.35. The summed E-state index contributed by atoms with van der Waals surface area (Å²) in [5, 5.41) is 0. The highest BCUT2D eigenvalue weighted by Gasteiger charge is 2.39. The molecule has 0 spiro atoms. The molecule has 2 heteroatoms. The summed E-state index contributed by atoms with van der Waals surface area (Å²) in [7, 11) is 0. The second kappa shape index (κ2) is 27.3. The van der Waals surface area contributed by atoms with Crippen molar-refractivity contribution in [2.75, 3.05) is 0 Å². The first kappa shape index (κ1) is 42.1. The van der Waals surface area contributed by atoms with Gasteiger partial charge >= 0.3 is 0 Å². The molecule has 0 amide bonds. The van der Waals surface area contributed by atoms with E-state index in [2.05, 4.69) is 98.4 Å². The second-order valence-corrected chi connectivity index (χ2v) is 15.9. The van der Waals surface area contributed by atoms with E-state index >= 15 is 0 Å². The van der Waals surface area contributed by atoms with Crippen molar-refractivity contribution in [1.82, 2.24) is 9.55 Å². The fraction of sp³-hybridized carbons (Fsp3) is 0.688. The first-order valence-electron chi connectivity index (χ1n) is 21.8. The second-order valence-electron chi connectivity index (χ2n) is 15.9. The van der Waals surface area contributed by atoms with Gasteiger partial charge in [0.15, 0.2) is 0 Å². The quantitative estimate of drug-likeness (QED) is 0.0599. The Hall–Kier alpha value is -2.35. The SMILES string of the molecule is CCCCCCCCCCCCCCCn1ccnc1C(CCCCCCCCCCCCCC)C(C)(Cc1ccccc1)c1ccccc1. The molecule has 2 atom stereocenters. The maximum atomic E-state index is 5.17. The van der Waals surface area contributed by atoms with Crippen LogP contribution in [0.1, 0.15) is 211 Å². The molecule has 2 nitrogen and oxygen atoms in total. The van der Waals surface area contributed by atoms with Crippen molar-refractivity contribution in [2.24, 2.45) is 0 Å². The highest BCUT2D eigenvalue weighted by molar-refractivity contribution is 5.33. The Bertz CT molecular complexity index is 1170. The summed E-state index contributed by atoms with van der Waals surface area (Å²) >= 11 is 0. The van der Waals surface area contributed by atoms with Crippen LogP contribution in [0.5, 0.6) is 0 Å². The van der Waals surface area contributed by atoms with Crippen LogP contribution in [0.25, 0.3) is 0 Å². The molecule has 0 aliphatic heterocycles. The zero-order valence-electron chi connectivity index (χ0n) is 33.2. The molecule has 3 aromatic rings. The Kier molecular flexibility index (Phi) is 23.0. The predicted molar refractivity (Wildman–Crippen MR) is 220 cm³/mol. The van der Waals surface area contributed by atoms with Gasteiger partial charge in [-0.15, -0.1) is 0 Å². The van der Waals surface area contributed by atoms with Crippen LogP contribution in [0, 0.1) is 0 Å². The van der Waals surface area contributed by atoms with Gasteiger partial charge in [0.05, 0.1) is 0 Å². The van der Waals surface area contributed by atoms with Crippen molar-refractivity contribution in [3.63, 3.8) is 0 Å². The maximum Gasteiger partial charge on any atom is 0.112 e. The summed E-state index contributed by atoms with van der Waals surface area (Å²) in [5.74, 6) is 1.69. The Morgan fingerprint density at radius 3 is 1.42 bits per heavy atom. The number of hydrogen-bond acceptors (Lipinski definition) is 1. The van der Waals surface area contributed by atoms with Crippen molar-refractivity contribution < 1.29 is 0 Å². The number of aromatic nitrogens is 2. The first-order chi connectivity index (χ1) is 24.7. The minimum Gasteiger partial charge on any atom is -0.335 e. The Labute approximate surface area is 310 Å². The van der Waals surface area contributed by atoms with Crippen molar-refractivity contribution in [1.29, 1.82) is 0 Å². The Balaban J connectivity index is 1.55. The zero-order valence-corrected chi connectivity index (χ0v) is 33.2. The van der Waals surface area contributed by atoms with Gasteiger partial charge in [0.1, 0.15) is 5.82 Å². The van der Waals surface area contributed by atoms with E-state index < -0.39 is 0 Å². The van der Waals surface area contributed by atoms with Crippen LogP contribution in [0.15, 0.2) is 73.1 Å². The van der Waals surface area contributed by atoms with Gasteiger partial charge in [0, 0.05) is 30.3 Å². The average molecular weight is 683 g/mol. The smallest absolute Gasteiger partial charge is 0.112 e. The monoisotopic (exact) mass is 683 g/mol. The van der Waals surface area contributed by atoms with Gasteiger partial charge < -0.3 is 4.57 Å². The molecule has 0 aliphatic carbocycles. The number of benzene rings is 2. The minimum absolute atomic E-state index is 0.0283. The lowest BCUT2D eigenvalue weighted by atomic mass is 9.66. The van der Waals surface area contributed by atoms with Crippen molar-refractivity contribution in [2.45, 2.75) is 212 Å². The van der Waals surface area contributed by atoms with E-state index in [1.165, 1.54) is 184 Å². The molecule has 0 radical (unpaired) electrons. The summed E-state index contributed by atoms with van der Waals surface area (Å²) < 4.78 is 2.54. The van der Waals surface area contributed by atoms with Crippen LogP contribution in [-0.2, 0) is 18.4 Å². The van der Waals surface area contributed by atoms with Gasteiger partial charge in [-0.2, -0.15) is 0 Å². The molecule has 50 heavy (non-hydrogen) atoms. The highest BCUT2D eigenvalue weighted by Crippen LogP contribution is 2.44. The van der Waals surface area contributed by atoms with Gasteiger partial charge in [0.25, 0.3) is 0 Å². The maximum absolute atomic E-state index is 5.17. The molecule has 280 valence electrons. The van der Waals surface area contributed by atoms with Crippen molar-refractivity contribution in [3.8, 4) is 0 Å². The lowest BCUT2D eigenvalue weighted by Gasteiger charge is -2.39. The van der Waals surface area contributed by atoms with E-state index in [9.17, 15) is 0 Å². The van der Waals surface area contributed by atoms with Crippen LogP contribution in [0.2, 0.25) is 0 Å². The number of rotatable bonds is 32. The molecular weight excluding hydrogens is 605 g/mol. The molecular formula is C48H78N2. The van der Waals surface area contributed by atoms with Gasteiger partial charge in [-0.25, -0.2) is 4.98 Å². The van der Waals surface area contributed by atoms with Gasteiger partial charge in [0.2, 0.25) is 0 Å². The van der Waals surface area contributed by atoms with Crippen LogP contribution in [-0.4, -0.2) is 9.55 Å². The fourth-order valence-corrected chi connectivity index (χ4v) is 8.31. The Morgan fingerprint density at radius 2 is 0.940 bits per heavy atom. The topological polar surface area (TPSA) is 17.8 Å². The number of aryl methyl sites for hydroxylation is 1. The van der Waals surface area contributed by atoms with E-state index in [-0.39, 0.29) is 5.41 Å². The molecule has 1 aromatic heterocycles. The molecule has 2 aromatic carbocycles. The largest absolute Gasteiger partial charge is 0.335 e. The van der Waals surface area contributed by atoms with Crippen molar-refractivity contribution in [3.05, 3.63) is 90.0 Å². The molecule has 0 aliphatic rings. The molecule has 2 unspecified atom stereocenters. The molecule has 1 heterocycles. The van der Waals surface area contributed by atoms with E-state index in [0.717, 1.165) is 13.0 Å². The molecule has 3 rings (SSSR count). The summed E-state index contributed by atoms with van der Waals surface area (Å²) in [5.41, 5.74) is 2.84. The van der Waals surface area contributed by atoms with Crippen LogP contribution >= 0.6 is 0 Å². The molecule has 0 N–H and O–H groups in total. The summed E-state index contributed by atoms with van der Waals surface area (Å²) in [6.45, 7) is 8.24. The number of imidazole rings is 1. The first-order valence-corrected chi connectivity index (χ1v) is 21.8. The number of nitrogens with zero attached hydrogens (tertiary/aromatic N) is 2. The summed E-state index contributed by atoms with van der Waals surface area (Å²) in [4.78, 5) is 5.17. The van der Waals surface area contributed by atoms with Crippen LogP contribution < -0.4 is 0 Å². The van der Waals surface area contributed by atoms with E-state index in [0.29, 0.717) is 5.92 Å². The third-order valence-electron chi connectivity index (χ3n) is 11.5. The summed E-state index contributed by atoms with van der Waals surface area (Å²) in [6.07, 6.45) is 41.5. The van der Waals surface area contributed by atoms with Crippen molar-refractivity contribution >= 4 is 0 Å². The molecule has 0 fully saturated rings. The minimum atomic E-state index is -0.0283. The third kappa shape index (κ3) is 16.8. The zero-order chi connectivity index (χ0) is 35.4. The van der Waals surface area contributed by atoms with Gasteiger partial charge in [-0.05, 0) is 30.4 Å². The molecule has 0 saturated carbocycles. The van der Waals surface area contributed by atoms with Crippen LogP contribution in [0.4, 0.5) is 0 Å². The number of unbranched alkanes of at least 4 members (excludes halogenated alkanes) is 23. The van der Waals surface area contributed by atoms with Gasteiger partial charge in [-0.3, -0.25) is 0 Å². The lowest BCUT2D eigenvalue weighted by molar-refractivity contribution is 0.321. The number of hydrogen-bond donors (Lipinski definition) is 0. The third-order valence-corrected chi connectivity index (χ3v) is 11.5. The van der Waals surface area contributed by atoms with E-state index in [4.69, 9.17) is 4.98 Å². The molecule has 0 bridgehead atoms. The van der Waals surface area contributed by atoms with Crippen LogP contribution in [0.3, 0.4) is 0 Å². The van der Waals surface area contributed by atoms with E-state index in [1.54, 1.807) is 0 Å². The summed E-state index contributed by atoms with van der Waals surface area (Å²) in [6, 6.07) is 22.6.